The lowest BCUT2D eigenvalue weighted by Gasteiger charge is -2.41. The largest absolute Gasteiger partial charge is 0.366 e. The number of aromatic nitrogens is 1. The first kappa shape index (κ1) is 14.4. The average Bonchev–Trinajstić information content (AvgIpc) is 2.95. The number of hydrogen-bond donors (Lipinski definition) is 3. The second kappa shape index (κ2) is 5.45. The minimum absolute atomic E-state index is 0.0684. The quantitative estimate of drug-likeness (QED) is 0.772. The zero-order chi connectivity index (χ0) is 15.9. The molecule has 3 aliphatic rings. The van der Waals surface area contributed by atoms with E-state index in [9.17, 15) is 0 Å². The summed E-state index contributed by atoms with van der Waals surface area (Å²) >= 11 is 0. The van der Waals surface area contributed by atoms with Crippen LogP contribution in [0.15, 0.2) is 41.4 Å². The third-order valence-electron chi connectivity index (χ3n) is 5.13. The van der Waals surface area contributed by atoms with E-state index in [1.807, 2.05) is 24.6 Å². The molecule has 1 saturated heterocycles. The molecule has 0 radical (unpaired) electrons. The molecule has 6 nitrogen and oxygen atoms in total. The van der Waals surface area contributed by atoms with Crippen LogP contribution < -0.4 is 10.6 Å². The Bertz CT molecular complexity index is 661. The number of amidine groups is 1. The fourth-order valence-electron chi connectivity index (χ4n) is 3.67. The van der Waals surface area contributed by atoms with Crippen LogP contribution in [0.4, 0.5) is 0 Å². The van der Waals surface area contributed by atoms with Gasteiger partial charge in [-0.3, -0.25) is 10.4 Å². The molecule has 0 aliphatic carbocycles. The maximum Gasteiger partial charge on any atom is 0.145 e. The van der Waals surface area contributed by atoms with E-state index in [-0.39, 0.29) is 11.6 Å². The standard InChI is InChI=1S/C17H22N6/c1-17(13-5-3-7-20-10-13)11-21-23-15(18)8-14(22-16(17)23)12-4-2-6-19-9-12/h3,5,7-8,10-12,16,18-19,22H,2,4,6,9H2,1H3. The van der Waals surface area contributed by atoms with E-state index in [0.717, 1.165) is 30.8 Å². The van der Waals surface area contributed by atoms with Gasteiger partial charge >= 0.3 is 0 Å². The Morgan fingerprint density at radius 2 is 2.35 bits per heavy atom. The van der Waals surface area contributed by atoms with Gasteiger partial charge in [-0.2, -0.15) is 5.10 Å². The topological polar surface area (TPSA) is 76.4 Å². The Labute approximate surface area is 136 Å². The van der Waals surface area contributed by atoms with Gasteiger partial charge in [0.2, 0.25) is 0 Å². The smallest absolute Gasteiger partial charge is 0.145 e. The third kappa shape index (κ3) is 2.34. The summed E-state index contributed by atoms with van der Waals surface area (Å²) in [5, 5.41) is 21.7. The SMILES string of the molecule is CC1(c2cccnc2)C=NN2C(=N)C=C(C3CCCNC3)NC21. The minimum Gasteiger partial charge on any atom is -0.366 e. The Balaban J connectivity index is 1.65. The van der Waals surface area contributed by atoms with E-state index in [1.165, 1.54) is 6.42 Å². The lowest BCUT2D eigenvalue weighted by molar-refractivity contribution is 0.235. The molecule has 0 bridgehead atoms. The first-order valence-electron chi connectivity index (χ1n) is 8.21. The van der Waals surface area contributed by atoms with E-state index in [2.05, 4.69) is 33.7 Å². The van der Waals surface area contributed by atoms with Crippen LogP contribution in [0.1, 0.15) is 25.3 Å². The van der Waals surface area contributed by atoms with Crippen LogP contribution in [-0.2, 0) is 5.41 Å². The molecule has 0 saturated carbocycles. The van der Waals surface area contributed by atoms with Gasteiger partial charge in [-0.05, 0) is 37.9 Å². The summed E-state index contributed by atoms with van der Waals surface area (Å²) in [6.07, 6.45) is 9.82. The molecule has 3 N–H and O–H groups in total. The first-order chi connectivity index (χ1) is 11.2. The van der Waals surface area contributed by atoms with Crippen molar-refractivity contribution in [2.75, 3.05) is 13.1 Å². The highest BCUT2D eigenvalue weighted by molar-refractivity contribution is 5.95. The molecule has 1 fully saturated rings. The zero-order valence-electron chi connectivity index (χ0n) is 13.3. The molecular formula is C17H22N6. The summed E-state index contributed by atoms with van der Waals surface area (Å²) in [4.78, 5) is 4.25. The van der Waals surface area contributed by atoms with Crippen LogP contribution in [0.25, 0.3) is 0 Å². The van der Waals surface area contributed by atoms with Crippen molar-refractivity contribution in [1.29, 1.82) is 5.41 Å². The molecule has 120 valence electrons. The normalized spacial score (nSPS) is 33.2. The lowest BCUT2D eigenvalue weighted by Crippen LogP contribution is -2.57. The van der Waals surface area contributed by atoms with Crippen molar-refractivity contribution in [3.63, 3.8) is 0 Å². The van der Waals surface area contributed by atoms with Gasteiger partial charge in [0.05, 0.1) is 5.41 Å². The molecule has 1 aromatic rings. The van der Waals surface area contributed by atoms with Crippen LogP contribution in [0.5, 0.6) is 0 Å². The summed E-state index contributed by atoms with van der Waals surface area (Å²) in [7, 11) is 0. The fourth-order valence-corrected chi connectivity index (χ4v) is 3.67. The van der Waals surface area contributed by atoms with Crippen LogP contribution in [0, 0.1) is 11.3 Å². The van der Waals surface area contributed by atoms with Crippen molar-refractivity contribution in [2.45, 2.75) is 31.3 Å². The Hall–Kier alpha value is -2.21. The van der Waals surface area contributed by atoms with Crippen molar-refractivity contribution in [1.82, 2.24) is 20.6 Å². The number of piperidine rings is 1. The van der Waals surface area contributed by atoms with Crippen molar-refractivity contribution >= 4 is 12.1 Å². The van der Waals surface area contributed by atoms with E-state index in [4.69, 9.17) is 5.41 Å². The third-order valence-corrected chi connectivity index (χ3v) is 5.13. The Morgan fingerprint density at radius 3 is 3.09 bits per heavy atom. The van der Waals surface area contributed by atoms with E-state index in [0.29, 0.717) is 11.8 Å². The fraction of sp³-hybridized carbons (Fsp3) is 0.471. The monoisotopic (exact) mass is 310 g/mol. The first-order valence-corrected chi connectivity index (χ1v) is 8.21. The van der Waals surface area contributed by atoms with Gasteiger partial charge < -0.3 is 10.6 Å². The number of nitrogens with zero attached hydrogens (tertiary/aromatic N) is 3. The maximum absolute atomic E-state index is 8.36. The van der Waals surface area contributed by atoms with Gasteiger partial charge in [0.15, 0.2) is 0 Å². The lowest BCUT2D eigenvalue weighted by atomic mass is 9.80. The summed E-state index contributed by atoms with van der Waals surface area (Å²) in [5.41, 5.74) is 1.96. The molecule has 4 rings (SSSR count). The number of nitrogens with one attached hydrogen (secondary N) is 3. The molecule has 0 amide bonds. The van der Waals surface area contributed by atoms with Gasteiger partial charge in [0.1, 0.15) is 12.0 Å². The molecular weight excluding hydrogens is 288 g/mol. The second-order valence-electron chi connectivity index (χ2n) is 6.69. The van der Waals surface area contributed by atoms with Crippen molar-refractivity contribution < 1.29 is 0 Å². The predicted molar refractivity (Wildman–Crippen MR) is 90.2 cm³/mol. The predicted octanol–water partition coefficient (Wildman–Crippen LogP) is 1.43. The molecule has 4 heterocycles. The molecule has 0 aromatic carbocycles. The van der Waals surface area contributed by atoms with E-state index >= 15 is 0 Å². The molecule has 0 spiro atoms. The zero-order valence-corrected chi connectivity index (χ0v) is 13.3. The van der Waals surface area contributed by atoms with Crippen molar-refractivity contribution in [3.05, 3.63) is 41.9 Å². The molecule has 1 aromatic heterocycles. The molecule has 3 aliphatic heterocycles. The Kier molecular flexibility index (Phi) is 3.41. The maximum atomic E-state index is 8.36. The number of fused-ring (bicyclic) bond motifs is 1. The van der Waals surface area contributed by atoms with E-state index < -0.39 is 0 Å². The number of rotatable bonds is 2. The van der Waals surface area contributed by atoms with Gasteiger partial charge in [-0.25, -0.2) is 5.01 Å². The van der Waals surface area contributed by atoms with Gasteiger partial charge in [0, 0.05) is 42.8 Å². The van der Waals surface area contributed by atoms with Crippen molar-refractivity contribution in [2.24, 2.45) is 11.0 Å². The van der Waals surface area contributed by atoms with E-state index in [1.54, 1.807) is 11.2 Å². The van der Waals surface area contributed by atoms with Crippen LogP contribution in [0.3, 0.4) is 0 Å². The number of pyridine rings is 1. The summed E-state index contributed by atoms with van der Waals surface area (Å²) in [5.74, 6) is 0.906. The summed E-state index contributed by atoms with van der Waals surface area (Å²) in [6, 6.07) is 4.03. The number of hydrogen-bond acceptors (Lipinski definition) is 5. The van der Waals surface area contributed by atoms with Crippen molar-refractivity contribution in [3.8, 4) is 0 Å². The van der Waals surface area contributed by atoms with Crippen LogP contribution in [0.2, 0.25) is 0 Å². The minimum atomic E-state index is -0.303. The summed E-state index contributed by atoms with van der Waals surface area (Å²) in [6.45, 7) is 4.22. The molecule has 3 atom stereocenters. The molecule has 6 heteroatoms. The highest BCUT2D eigenvalue weighted by Gasteiger charge is 2.46. The van der Waals surface area contributed by atoms with Crippen LogP contribution >= 0.6 is 0 Å². The second-order valence-corrected chi connectivity index (χ2v) is 6.69. The average molecular weight is 310 g/mol. The highest BCUT2D eigenvalue weighted by atomic mass is 15.6. The molecule has 23 heavy (non-hydrogen) atoms. The summed E-state index contributed by atoms with van der Waals surface area (Å²) < 4.78 is 0. The van der Waals surface area contributed by atoms with Gasteiger partial charge in [-0.15, -0.1) is 0 Å². The van der Waals surface area contributed by atoms with Crippen LogP contribution in [-0.4, -0.2) is 41.3 Å². The van der Waals surface area contributed by atoms with Gasteiger partial charge in [-0.1, -0.05) is 6.07 Å². The highest BCUT2D eigenvalue weighted by Crippen LogP contribution is 2.36. The van der Waals surface area contributed by atoms with Gasteiger partial charge in [0.25, 0.3) is 0 Å². The molecule has 3 unspecified atom stereocenters. The number of hydrazone groups is 1. The Morgan fingerprint density at radius 1 is 1.43 bits per heavy atom.